The van der Waals surface area contributed by atoms with Crippen LogP contribution in [0.5, 0.6) is 0 Å². The Balaban J connectivity index is 1.68. The highest BCUT2D eigenvalue weighted by molar-refractivity contribution is 7.13. The number of anilines is 1. The number of hydrogen-bond donors (Lipinski definition) is 3. The summed E-state index contributed by atoms with van der Waals surface area (Å²) in [6.45, 7) is 4.84. The van der Waals surface area contributed by atoms with Gasteiger partial charge >= 0.3 is 5.92 Å². The number of ketones is 1. The Kier molecular flexibility index (Phi) is 9.45. The molecule has 1 unspecified atom stereocenters. The van der Waals surface area contributed by atoms with Crippen molar-refractivity contribution in [1.82, 2.24) is 25.1 Å². The molecule has 3 rings (SSSR count). The lowest BCUT2D eigenvalue weighted by Crippen LogP contribution is -2.57. The van der Waals surface area contributed by atoms with Gasteiger partial charge in [0.25, 0.3) is 11.5 Å². The number of carbonyl (C=O) groups is 3. The van der Waals surface area contributed by atoms with Crippen LogP contribution in [0.3, 0.4) is 0 Å². The Bertz CT molecular complexity index is 1160. The number of nitrogens with zero attached hydrogens (tertiary/aromatic N) is 3. The second-order valence-corrected chi connectivity index (χ2v) is 9.79. The van der Waals surface area contributed by atoms with Gasteiger partial charge in [-0.05, 0) is 17.4 Å². The van der Waals surface area contributed by atoms with Gasteiger partial charge in [-0.3, -0.25) is 28.6 Å². The summed E-state index contributed by atoms with van der Waals surface area (Å²) in [5.41, 5.74) is 4.77. The Labute approximate surface area is 216 Å². The van der Waals surface area contributed by atoms with E-state index in [2.05, 4.69) is 15.6 Å². The maximum atomic E-state index is 14.8. The maximum absolute atomic E-state index is 14.8. The number of nitrogens with two attached hydrogens (primary N) is 1. The number of carbonyl (C=O) groups excluding carboxylic acids is 3. The lowest BCUT2D eigenvalue weighted by atomic mass is 9.95. The largest absolute Gasteiger partial charge is 0.393 e. The first-order chi connectivity index (χ1) is 17.5. The zero-order valence-corrected chi connectivity index (χ0v) is 21.4. The molecule has 1 atom stereocenters. The zero-order valence-electron chi connectivity index (χ0n) is 20.5. The first kappa shape index (κ1) is 28.3. The number of ether oxygens (including phenoxy) is 1. The van der Waals surface area contributed by atoms with Crippen LogP contribution in [0.2, 0.25) is 0 Å². The van der Waals surface area contributed by atoms with Gasteiger partial charge in [0.05, 0.1) is 30.3 Å². The van der Waals surface area contributed by atoms with E-state index in [4.69, 9.17) is 10.5 Å². The number of aromatic nitrogens is 2. The van der Waals surface area contributed by atoms with Gasteiger partial charge in [-0.1, -0.05) is 19.9 Å². The summed E-state index contributed by atoms with van der Waals surface area (Å²) in [4.78, 5) is 57.0. The molecule has 11 nitrogen and oxygen atoms in total. The fourth-order valence-corrected chi connectivity index (χ4v) is 4.45. The second kappa shape index (κ2) is 12.3. The van der Waals surface area contributed by atoms with Gasteiger partial charge in [-0.15, -0.1) is 11.3 Å². The van der Waals surface area contributed by atoms with Gasteiger partial charge in [0.2, 0.25) is 11.7 Å². The van der Waals surface area contributed by atoms with E-state index in [1.165, 1.54) is 31.4 Å². The molecule has 1 saturated heterocycles. The Hall–Kier alpha value is -3.23. The molecule has 2 aromatic heterocycles. The number of thiophene rings is 1. The molecule has 0 saturated carbocycles. The van der Waals surface area contributed by atoms with E-state index >= 15 is 0 Å². The topological polar surface area (TPSA) is 149 Å². The first-order valence-electron chi connectivity index (χ1n) is 11.7. The standard InChI is InChI=1S/C23H30F2N6O5S/c1-14(2)18(19(33)23(24,25)22(35)27-5-6-30-7-9-36-10-8-30)29-17(32)13-31-20(16-4-3-11-37-16)28-12-15(26)21(31)34/h3-4,11-12,14,18H,5-10,13,26H2,1-2H3,(H,27,35)(H,29,32). The molecule has 2 aromatic rings. The van der Waals surface area contributed by atoms with Crippen molar-refractivity contribution in [1.29, 1.82) is 0 Å². The Morgan fingerprint density at radius 1 is 1.27 bits per heavy atom. The summed E-state index contributed by atoms with van der Waals surface area (Å²) < 4.78 is 35.8. The molecule has 37 heavy (non-hydrogen) atoms. The molecular weight excluding hydrogens is 510 g/mol. The third-order valence-corrected chi connectivity index (χ3v) is 6.66. The minimum atomic E-state index is -4.37. The molecule has 1 aliphatic rings. The minimum absolute atomic E-state index is 0.0722. The van der Waals surface area contributed by atoms with Gasteiger partial charge in [-0.25, -0.2) is 4.98 Å². The molecule has 0 radical (unpaired) electrons. The lowest BCUT2D eigenvalue weighted by molar-refractivity contribution is -0.161. The highest BCUT2D eigenvalue weighted by Crippen LogP contribution is 2.23. The van der Waals surface area contributed by atoms with Gasteiger partial charge in [0, 0.05) is 26.2 Å². The highest BCUT2D eigenvalue weighted by Gasteiger charge is 2.51. The molecule has 14 heteroatoms. The number of hydrogen-bond acceptors (Lipinski definition) is 9. The predicted molar refractivity (Wildman–Crippen MR) is 133 cm³/mol. The van der Waals surface area contributed by atoms with Crippen molar-refractivity contribution in [3.8, 4) is 10.7 Å². The summed E-state index contributed by atoms with van der Waals surface area (Å²) in [5.74, 6) is -9.33. The van der Waals surface area contributed by atoms with Crippen molar-refractivity contribution in [2.45, 2.75) is 32.4 Å². The second-order valence-electron chi connectivity index (χ2n) is 8.84. The molecule has 3 heterocycles. The van der Waals surface area contributed by atoms with Crippen LogP contribution >= 0.6 is 11.3 Å². The van der Waals surface area contributed by atoms with Crippen LogP contribution < -0.4 is 21.9 Å². The number of rotatable bonds is 11. The normalized spacial score (nSPS) is 15.4. The van der Waals surface area contributed by atoms with Crippen LogP contribution in [0.4, 0.5) is 14.5 Å². The lowest BCUT2D eigenvalue weighted by Gasteiger charge is -2.27. The van der Waals surface area contributed by atoms with Crippen molar-refractivity contribution in [3.05, 3.63) is 34.1 Å². The van der Waals surface area contributed by atoms with Crippen molar-refractivity contribution < 1.29 is 27.9 Å². The van der Waals surface area contributed by atoms with Crippen molar-refractivity contribution >= 4 is 34.6 Å². The van der Waals surface area contributed by atoms with Crippen LogP contribution in [0.15, 0.2) is 28.5 Å². The predicted octanol–water partition coefficient (Wildman–Crippen LogP) is 0.348. The highest BCUT2D eigenvalue weighted by atomic mass is 32.1. The number of nitrogens with one attached hydrogen (secondary N) is 2. The summed E-state index contributed by atoms with van der Waals surface area (Å²) in [6, 6.07) is 1.74. The van der Waals surface area contributed by atoms with E-state index < -0.39 is 47.6 Å². The molecule has 0 spiro atoms. The van der Waals surface area contributed by atoms with Crippen molar-refractivity contribution in [2.75, 3.05) is 45.1 Å². The third-order valence-electron chi connectivity index (χ3n) is 5.79. The van der Waals surface area contributed by atoms with Gasteiger partial charge in [-0.2, -0.15) is 8.78 Å². The molecule has 4 N–H and O–H groups in total. The van der Waals surface area contributed by atoms with Crippen LogP contribution in [-0.2, 0) is 25.7 Å². The van der Waals surface area contributed by atoms with E-state index in [-0.39, 0.29) is 18.1 Å². The number of amides is 2. The van der Waals surface area contributed by atoms with Crippen LogP contribution in [-0.4, -0.2) is 83.4 Å². The van der Waals surface area contributed by atoms with Crippen LogP contribution in [0, 0.1) is 5.92 Å². The number of halogens is 2. The molecule has 0 aromatic carbocycles. The van der Waals surface area contributed by atoms with Gasteiger partial charge in [0.1, 0.15) is 12.2 Å². The van der Waals surface area contributed by atoms with E-state index in [0.29, 0.717) is 37.7 Å². The molecule has 202 valence electrons. The van der Waals surface area contributed by atoms with E-state index in [0.717, 1.165) is 4.57 Å². The number of morpholine rings is 1. The zero-order chi connectivity index (χ0) is 27.2. The number of Topliss-reactive ketones (excluding diaryl/α,β-unsaturated/α-hetero) is 1. The Morgan fingerprint density at radius 3 is 2.59 bits per heavy atom. The van der Waals surface area contributed by atoms with Gasteiger partial charge in [0.15, 0.2) is 5.82 Å². The molecule has 1 aliphatic heterocycles. The monoisotopic (exact) mass is 540 g/mol. The van der Waals surface area contributed by atoms with Gasteiger partial charge < -0.3 is 21.1 Å². The third kappa shape index (κ3) is 6.96. The number of alkyl halides is 2. The number of nitrogen functional groups attached to an aromatic ring is 1. The van der Waals surface area contributed by atoms with Crippen molar-refractivity contribution in [3.63, 3.8) is 0 Å². The average Bonchev–Trinajstić information content (AvgIpc) is 3.40. The summed E-state index contributed by atoms with van der Waals surface area (Å²) in [6.07, 6.45) is 1.17. The average molecular weight is 541 g/mol. The SMILES string of the molecule is CC(C)C(NC(=O)Cn1c(-c2cccs2)ncc(N)c1=O)C(=O)C(F)(F)C(=O)NCCN1CCOCC1. The fraction of sp³-hybridized carbons (Fsp3) is 0.522. The van der Waals surface area contributed by atoms with E-state index in [1.54, 1.807) is 17.5 Å². The molecule has 0 aliphatic carbocycles. The summed E-state index contributed by atoms with van der Waals surface area (Å²) in [7, 11) is 0. The maximum Gasteiger partial charge on any atom is 0.383 e. The summed E-state index contributed by atoms with van der Waals surface area (Å²) >= 11 is 1.28. The first-order valence-corrected chi connectivity index (χ1v) is 12.6. The molecule has 0 bridgehead atoms. The fourth-order valence-electron chi connectivity index (χ4n) is 3.72. The van der Waals surface area contributed by atoms with E-state index in [1.807, 2.05) is 4.90 Å². The van der Waals surface area contributed by atoms with Crippen LogP contribution in [0.25, 0.3) is 10.7 Å². The molecular formula is C23H30F2N6O5S. The summed E-state index contributed by atoms with van der Waals surface area (Å²) in [5, 5.41) is 6.11. The smallest absolute Gasteiger partial charge is 0.383 e. The Morgan fingerprint density at radius 2 is 1.97 bits per heavy atom. The van der Waals surface area contributed by atoms with Crippen molar-refractivity contribution in [2.24, 2.45) is 5.92 Å². The quantitative estimate of drug-likeness (QED) is 0.346. The molecule has 1 fully saturated rings. The van der Waals surface area contributed by atoms with E-state index in [9.17, 15) is 28.0 Å². The van der Waals surface area contributed by atoms with Crippen LogP contribution in [0.1, 0.15) is 13.8 Å². The minimum Gasteiger partial charge on any atom is -0.393 e. The molecule has 2 amide bonds.